The molecule has 16 heavy (non-hydrogen) atoms. The number of aliphatic carboxylic acids is 1. The minimum Gasteiger partial charge on any atom is -0.481 e. The molecule has 1 aliphatic rings. The molecule has 0 aromatic carbocycles. The first kappa shape index (κ1) is 11.0. The Bertz CT molecular complexity index is 406. The van der Waals surface area contributed by atoms with E-state index in [0.29, 0.717) is 25.3 Å². The Hall–Kier alpha value is -1.49. The number of nitrogens with zero attached hydrogens (tertiary/aromatic N) is 2. The SMILES string of the molecule is CCC(C(=O)O)c1ncnc2c1COCC2. The van der Waals surface area contributed by atoms with Crippen LogP contribution in [0.25, 0.3) is 0 Å². The number of ether oxygens (including phenoxy) is 1. The molecule has 2 rings (SSSR count). The number of carboxylic acid groups (broad SMARTS) is 1. The number of rotatable bonds is 3. The predicted octanol–water partition coefficient (Wildman–Crippen LogP) is 1.13. The first-order valence-electron chi connectivity index (χ1n) is 5.37. The second-order valence-corrected chi connectivity index (χ2v) is 3.79. The van der Waals surface area contributed by atoms with E-state index in [0.717, 1.165) is 17.7 Å². The van der Waals surface area contributed by atoms with Crippen LogP contribution in [0.15, 0.2) is 6.33 Å². The summed E-state index contributed by atoms with van der Waals surface area (Å²) in [4.78, 5) is 19.4. The van der Waals surface area contributed by atoms with Crippen LogP contribution in [0.1, 0.15) is 36.2 Å². The fraction of sp³-hybridized carbons (Fsp3) is 0.545. The lowest BCUT2D eigenvalue weighted by molar-refractivity contribution is -0.139. The first-order valence-corrected chi connectivity index (χ1v) is 5.37. The molecule has 0 radical (unpaired) electrons. The Labute approximate surface area is 93.5 Å². The molecule has 1 aromatic heterocycles. The van der Waals surface area contributed by atoms with Gasteiger partial charge in [-0.1, -0.05) is 6.92 Å². The van der Waals surface area contributed by atoms with Gasteiger partial charge in [0.1, 0.15) is 6.33 Å². The maximum absolute atomic E-state index is 11.1. The lowest BCUT2D eigenvalue weighted by Gasteiger charge is -2.20. The number of hydrogen-bond acceptors (Lipinski definition) is 4. The van der Waals surface area contributed by atoms with Gasteiger partial charge in [0.05, 0.1) is 30.5 Å². The Morgan fingerprint density at radius 2 is 2.44 bits per heavy atom. The normalized spacial score (nSPS) is 16.6. The molecule has 0 saturated carbocycles. The third-order valence-corrected chi connectivity index (χ3v) is 2.83. The molecular formula is C11H14N2O3. The van der Waals surface area contributed by atoms with E-state index in [4.69, 9.17) is 9.84 Å². The maximum Gasteiger partial charge on any atom is 0.312 e. The van der Waals surface area contributed by atoms with Gasteiger partial charge in [-0.05, 0) is 6.42 Å². The van der Waals surface area contributed by atoms with Crippen LogP contribution < -0.4 is 0 Å². The summed E-state index contributed by atoms with van der Waals surface area (Å²) in [6.07, 6.45) is 2.71. The van der Waals surface area contributed by atoms with Crippen molar-refractivity contribution in [1.29, 1.82) is 0 Å². The highest BCUT2D eigenvalue weighted by Crippen LogP contribution is 2.25. The standard InChI is InChI=1S/C11H14N2O3/c1-2-7(11(14)15)10-8-5-16-4-3-9(8)12-6-13-10/h6-7H,2-5H2,1H3,(H,14,15). The van der Waals surface area contributed by atoms with Crippen molar-refractivity contribution in [1.82, 2.24) is 9.97 Å². The summed E-state index contributed by atoms with van der Waals surface area (Å²) in [7, 11) is 0. The molecule has 1 aliphatic heterocycles. The molecular weight excluding hydrogens is 208 g/mol. The summed E-state index contributed by atoms with van der Waals surface area (Å²) < 4.78 is 5.34. The van der Waals surface area contributed by atoms with E-state index in [9.17, 15) is 4.79 Å². The molecule has 1 atom stereocenters. The molecule has 1 N–H and O–H groups in total. The molecule has 86 valence electrons. The average Bonchev–Trinajstić information content (AvgIpc) is 2.30. The third-order valence-electron chi connectivity index (χ3n) is 2.83. The highest BCUT2D eigenvalue weighted by Gasteiger charge is 2.25. The van der Waals surface area contributed by atoms with Gasteiger partial charge in [0.15, 0.2) is 0 Å². The van der Waals surface area contributed by atoms with E-state index in [1.54, 1.807) is 0 Å². The molecule has 0 spiro atoms. The second kappa shape index (κ2) is 4.57. The predicted molar refractivity (Wildman–Crippen MR) is 56.1 cm³/mol. The maximum atomic E-state index is 11.1. The van der Waals surface area contributed by atoms with E-state index in [-0.39, 0.29) is 0 Å². The zero-order valence-corrected chi connectivity index (χ0v) is 9.14. The van der Waals surface area contributed by atoms with E-state index < -0.39 is 11.9 Å². The van der Waals surface area contributed by atoms with Gasteiger partial charge in [0.2, 0.25) is 0 Å². The summed E-state index contributed by atoms with van der Waals surface area (Å²) in [6.45, 7) is 2.92. The van der Waals surface area contributed by atoms with Crippen molar-refractivity contribution in [2.24, 2.45) is 0 Å². The molecule has 5 nitrogen and oxygen atoms in total. The van der Waals surface area contributed by atoms with Crippen LogP contribution >= 0.6 is 0 Å². The number of hydrogen-bond donors (Lipinski definition) is 1. The lowest BCUT2D eigenvalue weighted by Crippen LogP contribution is -2.20. The Morgan fingerprint density at radius 1 is 1.62 bits per heavy atom. The zero-order chi connectivity index (χ0) is 11.5. The molecule has 0 aliphatic carbocycles. The van der Waals surface area contributed by atoms with Gasteiger partial charge < -0.3 is 9.84 Å². The summed E-state index contributed by atoms with van der Waals surface area (Å²) in [5, 5.41) is 9.13. The van der Waals surface area contributed by atoms with Gasteiger partial charge in [-0.15, -0.1) is 0 Å². The van der Waals surface area contributed by atoms with E-state index in [1.165, 1.54) is 6.33 Å². The zero-order valence-electron chi connectivity index (χ0n) is 9.14. The van der Waals surface area contributed by atoms with Crippen LogP contribution in [-0.4, -0.2) is 27.7 Å². The number of aromatic nitrogens is 2. The van der Waals surface area contributed by atoms with Crippen molar-refractivity contribution in [2.45, 2.75) is 32.3 Å². The summed E-state index contributed by atoms with van der Waals surface area (Å²) in [6, 6.07) is 0. The van der Waals surface area contributed by atoms with Crippen molar-refractivity contribution >= 4 is 5.97 Å². The van der Waals surface area contributed by atoms with Crippen molar-refractivity contribution < 1.29 is 14.6 Å². The van der Waals surface area contributed by atoms with Gasteiger partial charge in [0.25, 0.3) is 0 Å². The minimum absolute atomic E-state index is 0.426. The van der Waals surface area contributed by atoms with Gasteiger partial charge in [-0.2, -0.15) is 0 Å². The summed E-state index contributed by atoms with van der Waals surface area (Å²) in [5.41, 5.74) is 2.40. The first-order chi connectivity index (χ1) is 7.74. The van der Waals surface area contributed by atoms with Crippen LogP contribution in [0.2, 0.25) is 0 Å². The fourth-order valence-corrected chi connectivity index (χ4v) is 1.97. The van der Waals surface area contributed by atoms with E-state index >= 15 is 0 Å². The van der Waals surface area contributed by atoms with Crippen LogP contribution in [0.5, 0.6) is 0 Å². The van der Waals surface area contributed by atoms with Gasteiger partial charge in [0, 0.05) is 12.0 Å². The Kier molecular flexibility index (Phi) is 3.14. The smallest absolute Gasteiger partial charge is 0.312 e. The van der Waals surface area contributed by atoms with Gasteiger partial charge in [-0.3, -0.25) is 4.79 Å². The summed E-state index contributed by atoms with van der Waals surface area (Å²) in [5.74, 6) is -1.40. The minimum atomic E-state index is -0.839. The largest absolute Gasteiger partial charge is 0.481 e. The third kappa shape index (κ3) is 1.90. The molecule has 0 amide bonds. The molecule has 0 saturated heterocycles. The molecule has 1 unspecified atom stereocenters. The molecule has 0 bridgehead atoms. The Morgan fingerprint density at radius 3 is 3.12 bits per heavy atom. The highest BCUT2D eigenvalue weighted by atomic mass is 16.5. The van der Waals surface area contributed by atoms with Gasteiger partial charge >= 0.3 is 5.97 Å². The monoisotopic (exact) mass is 222 g/mol. The second-order valence-electron chi connectivity index (χ2n) is 3.79. The van der Waals surface area contributed by atoms with Crippen LogP contribution in [-0.2, 0) is 22.6 Å². The highest BCUT2D eigenvalue weighted by molar-refractivity contribution is 5.75. The van der Waals surface area contributed by atoms with Gasteiger partial charge in [-0.25, -0.2) is 9.97 Å². The average molecular weight is 222 g/mol. The van der Waals surface area contributed by atoms with Crippen LogP contribution in [0.3, 0.4) is 0 Å². The fourth-order valence-electron chi connectivity index (χ4n) is 1.97. The van der Waals surface area contributed by atoms with Crippen molar-refractivity contribution in [3.05, 3.63) is 23.3 Å². The van der Waals surface area contributed by atoms with Crippen LogP contribution in [0, 0.1) is 0 Å². The van der Waals surface area contributed by atoms with Crippen LogP contribution in [0.4, 0.5) is 0 Å². The number of fused-ring (bicyclic) bond motifs is 1. The quantitative estimate of drug-likeness (QED) is 0.829. The van der Waals surface area contributed by atoms with Crippen molar-refractivity contribution in [3.8, 4) is 0 Å². The number of carboxylic acids is 1. The van der Waals surface area contributed by atoms with E-state index in [2.05, 4.69) is 9.97 Å². The molecule has 1 aromatic rings. The lowest BCUT2D eigenvalue weighted by atomic mass is 9.95. The van der Waals surface area contributed by atoms with Crippen molar-refractivity contribution in [2.75, 3.05) is 6.61 Å². The van der Waals surface area contributed by atoms with Crippen molar-refractivity contribution in [3.63, 3.8) is 0 Å². The van der Waals surface area contributed by atoms with E-state index in [1.807, 2.05) is 6.92 Å². The number of carbonyl (C=O) groups is 1. The summed E-state index contributed by atoms with van der Waals surface area (Å²) >= 11 is 0. The molecule has 0 fully saturated rings. The Balaban J connectivity index is 2.43. The topological polar surface area (TPSA) is 72.3 Å². The molecule has 5 heteroatoms. The molecule has 2 heterocycles.